The molecule has 0 spiro atoms. The molecule has 2 N–H and O–H groups in total. The van der Waals surface area contributed by atoms with Crippen LogP contribution in [0.4, 0.5) is 5.82 Å². The number of halogens is 1. The Kier molecular flexibility index (Phi) is 3.67. The van der Waals surface area contributed by atoms with E-state index in [9.17, 15) is 4.79 Å². The summed E-state index contributed by atoms with van der Waals surface area (Å²) in [6, 6.07) is 0.237. The third-order valence-electron chi connectivity index (χ3n) is 4.05. The molecule has 1 saturated carbocycles. The minimum absolute atomic E-state index is 0.00989. The highest BCUT2D eigenvalue weighted by Gasteiger charge is 2.28. The Bertz CT molecular complexity index is 678. The van der Waals surface area contributed by atoms with Crippen LogP contribution in [0.3, 0.4) is 0 Å². The number of rotatable bonds is 2. The Balaban J connectivity index is 1.84. The summed E-state index contributed by atoms with van der Waals surface area (Å²) in [5, 5.41) is 0.116. The van der Waals surface area contributed by atoms with Gasteiger partial charge in [0.2, 0.25) is 5.28 Å². The molecule has 0 saturated heterocycles. The van der Waals surface area contributed by atoms with Crippen LogP contribution in [-0.4, -0.2) is 32.6 Å². The first-order chi connectivity index (χ1) is 10.1. The molecule has 2 aromatic rings. The maximum Gasteiger partial charge on any atom is 0.308 e. The smallest absolute Gasteiger partial charge is 0.308 e. The van der Waals surface area contributed by atoms with Gasteiger partial charge in [-0.25, -0.2) is 4.98 Å². The number of ether oxygens (including phenoxy) is 1. The number of hydrogen-bond donors (Lipinski definition) is 1. The van der Waals surface area contributed by atoms with E-state index in [-0.39, 0.29) is 29.0 Å². The molecule has 21 heavy (non-hydrogen) atoms. The summed E-state index contributed by atoms with van der Waals surface area (Å²) < 4.78 is 6.78. The molecule has 112 valence electrons. The van der Waals surface area contributed by atoms with Crippen molar-refractivity contribution in [3.8, 4) is 0 Å². The van der Waals surface area contributed by atoms with Gasteiger partial charge < -0.3 is 15.0 Å². The lowest BCUT2D eigenvalue weighted by atomic mass is 9.86. The molecule has 0 radical (unpaired) electrons. The van der Waals surface area contributed by atoms with Gasteiger partial charge in [-0.15, -0.1) is 0 Å². The zero-order valence-electron chi connectivity index (χ0n) is 11.6. The third-order valence-corrected chi connectivity index (χ3v) is 4.21. The van der Waals surface area contributed by atoms with E-state index in [1.165, 1.54) is 7.11 Å². The first-order valence-electron chi connectivity index (χ1n) is 6.83. The van der Waals surface area contributed by atoms with Gasteiger partial charge >= 0.3 is 5.97 Å². The van der Waals surface area contributed by atoms with Crippen molar-refractivity contribution in [2.45, 2.75) is 31.7 Å². The van der Waals surface area contributed by atoms with Crippen LogP contribution in [0.15, 0.2) is 6.33 Å². The molecular formula is C13H16ClN5O2. The lowest BCUT2D eigenvalue weighted by Gasteiger charge is -2.27. The van der Waals surface area contributed by atoms with E-state index < -0.39 is 0 Å². The van der Waals surface area contributed by atoms with Crippen LogP contribution in [0.1, 0.15) is 31.7 Å². The van der Waals surface area contributed by atoms with Gasteiger partial charge in [0.05, 0.1) is 19.4 Å². The SMILES string of the molecule is COC(=O)C1CCC(n2cnc3c(N)nc(Cl)nc32)CC1. The molecule has 0 aromatic carbocycles. The standard InChI is InChI=1S/C13H16ClN5O2/c1-21-12(20)7-2-4-8(5-3-7)19-6-16-9-10(15)17-13(14)18-11(9)19/h6-8H,2-5H2,1H3,(H2,15,17,18). The minimum Gasteiger partial charge on any atom is -0.469 e. The van der Waals surface area contributed by atoms with Crippen LogP contribution in [0.5, 0.6) is 0 Å². The lowest BCUT2D eigenvalue weighted by Crippen LogP contribution is -2.24. The average molecular weight is 310 g/mol. The van der Waals surface area contributed by atoms with E-state index in [1.54, 1.807) is 6.33 Å². The number of nitrogen functional groups attached to an aromatic ring is 1. The van der Waals surface area contributed by atoms with Crippen LogP contribution in [0.2, 0.25) is 5.28 Å². The molecule has 1 aliphatic carbocycles. The Labute approximate surface area is 126 Å². The molecule has 1 fully saturated rings. The topological polar surface area (TPSA) is 95.9 Å². The van der Waals surface area contributed by atoms with Crippen molar-refractivity contribution in [1.82, 2.24) is 19.5 Å². The van der Waals surface area contributed by atoms with E-state index in [2.05, 4.69) is 15.0 Å². The fourth-order valence-corrected chi connectivity index (χ4v) is 3.11. The second kappa shape index (κ2) is 5.48. The summed E-state index contributed by atoms with van der Waals surface area (Å²) in [7, 11) is 1.43. The largest absolute Gasteiger partial charge is 0.469 e. The number of methoxy groups -OCH3 is 1. The van der Waals surface area contributed by atoms with Crippen LogP contribution < -0.4 is 5.73 Å². The van der Waals surface area contributed by atoms with Gasteiger partial charge in [0, 0.05) is 6.04 Å². The molecule has 8 heteroatoms. The van der Waals surface area contributed by atoms with Gasteiger partial charge in [-0.1, -0.05) is 0 Å². The first kappa shape index (κ1) is 14.1. The number of fused-ring (bicyclic) bond motifs is 1. The first-order valence-corrected chi connectivity index (χ1v) is 7.21. The normalized spacial score (nSPS) is 22.4. The summed E-state index contributed by atoms with van der Waals surface area (Å²) in [5.41, 5.74) is 7.02. The predicted octanol–water partition coefficient (Wildman–Crippen LogP) is 1.97. The molecule has 3 rings (SSSR count). The molecule has 0 atom stereocenters. The number of imidazole rings is 1. The van der Waals surface area contributed by atoms with Crippen molar-refractivity contribution >= 4 is 34.6 Å². The van der Waals surface area contributed by atoms with Crippen molar-refractivity contribution in [3.05, 3.63) is 11.6 Å². The van der Waals surface area contributed by atoms with Gasteiger partial charge in [0.25, 0.3) is 0 Å². The molecule has 2 aromatic heterocycles. The van der Waals surface area contributed by atoms with Crippen LogP contribution >= 0.6 is 11.6 Å². The molecule has 0 aliphatic heterocycles. The number of aromatic nitrogens is 4. The van der Waals surface area contributed by atoms with Crippen LogP contribution in [0.25, 0.3) is 11.2 Å². The molecule has 7 nitrogen and oxygen atoms in total. The minimum atomic E-state index is -0.126. The average Bonchev–Trinajstić information content (AvgIpc) is 2.90. The number of carbonyl (C=O) groups excluding carboxylic acids is 1. The van der Waals surface area contributed by atoms with E-state index in [0.717, 1.165) is 25.7 Å². The van der Waals surface area contributed by atoms with Crippen LogP contribution in [0, 0.1) is 5.92 Å². The second-order valence-corrected chi connectivity index (χ2v) is 5.57. The van der Waals surface area contributed by atoms with Gasteiger partial charge in [-0.2, -0.15) is 9.97 Å². The highest BCUT2D eigenvalue weighted by atomic mass is 35.5. The van der Waals surface area contributed by atoms with Gasteiger partial charge in [-0.3, -0.25) is 4.79 Å². The molecule has 0 amide bonds. The van der Waals surface area contributed by atoms with Crippen molar-refractivity contribution in [2.75, 3.05) is 12.8 Å². The van der Waals surface area contributed by atoms with Gasteiger partial charge in [0.1, 0.15) is 5.52 Å². The summed E-state index contributed by atoms with van der Waals surface area (Å²) >= 11 is 5.87. The Morgan fingerprint density at radius 3 is 2.76 bits per heavy atom. The number of esters is 1. The van der Waals surface area contributed by atoms with Crippen molar-refractivity contribution in [2.24, 2.45) is 5.92 Å². The highest BCUT2D eigenvalue weighted by molar-refractivity contribution is 6.28. The molecule has 0 unspecified atom stereocenters. The summed E-state index contributed by atoms with van der Waals surface area (Å²) in [4.78, 5) is 24.0. The van der Waals surface area contributed by atoms with Crippen molar-refractivity contribution in [3.63, 3.8) is 0 Å². The summed E-state index contributed by atoms with van der Waals surface area (Å²) in [6.07, 6.45) is 5.05. The summed E-state index contributed by atoms with van der Waals surface area (Å²) in [5.74, 6) is 0.148. The predicted molar refractivity (Wildman–Crippen MR) is 77.8 cm³/mol. The zero-order valence-corrected chi connectivity index (χ0v) is 12.4. The number of hydrogen-bond acceptors (Lipinski definition) is 6. The zero-order chi connectivity index (χ0) is 15.0. The fourth-order valence-electron chi connectivity index (χ4n) is 2.93. The fraction of sp³-hybridized carbons (Fsp3) is 0.538. The quantitative estimate of drug-likeness (QED) is 0.673. The van der Waals surface area contributed by atoms with Crippen molar-refractivity contribution in [1.29, 1.82) is 0 Å². The number of nitrogens with zero attached hydrogens (tertiary/aromatic N) is 4. The van der Waals surface area contributed by atoms with E-state index in [1.807, 2.05) is 4.57 Å². The molecular weight excluding hydrogens is 294 g/mol. The Hall–Kier alpha value is -1.89. The Morgan fingerprint density at radius 2 is 2.10 bits per heavy atom. The highest BCUT2D eigenvalue weighted by Crippen LogP contribution is 2.34. The van der Waals surface area contributed by atoms with Crippen LogP contribution in [-0.2, 0) is 9.53 Å². The lowest BCUT2D eigenvalue weighted by molar-refractivity contribution is -0.146. The molecule has 1 aliphatic rings. The van der Waals surface area contributed by atoms with Gasteiger partial charge in [-0.05, 0) is 37.3 Å². The number of nitrogens with two attached hydrogens (primary N) is 1. The number of carbonyl (C=O) groups is 1. The van der Waals surface area contributed by atoms with E-state index in [0.29, 0.717) is 11.2 Å². The molecule has 0 bridgehead atoms. The van der Waals surface area contributed by atoms with E-state index >= 15 is 0 Å². The van der Waals surface area contributed by atoms with Crippen molar-refractivity contribution < 1.29 is 9.53 Å². The molecule has 2 heterocycles. The second-order valence-electron chi connectivity index (χ2n) is 5.23. The number of anilines is 1. The Morgan fingerprint density at radius 1 is 1.38 bits per heavy atom. The maximum absolute atomic E-state index is 11.6. The van der Waals surface area contributed by atoms with E-state index in [4.69, 9.17) is 22.1 Å². The monoisotopic (exact) mass is 309 g/mol. The maximum atomic E-state index is 11.6. The van der Waals surface area contributed by atoms with Gasteiger partial charge in [0.15, 0.2) is 11.5 Å². The summed E-state index contributed by atoms with van der Waals surface area (Å²) in [6.45, 7) is 0. The third kappa shape index (κ3) is 2.53.